The van der Waals surface area contributed by atoms with Crippen LogP contribution in [0.25, 0.3) is 0 Å². The van der Waals surface area contributed by atoms with Gasteiger partial charge in [-0.1, -0.05) is 27.7 Å². The van der Waals surface area contributed by atoms with E-state index in [4.69, 9.17) is 0 Å². The van der Waals surface area contributed by atoms with Gasteiger partial charge in [0.1, 0.15) is 5.75 Å². The Balaban J connectivity index is 2.23. The predicted molar refractivity (Wildman–Crippen MR) is 74.1 cm³/mol. The third-order valence-corrected chi connectivity index (χ3v) is 4.45. The highest BCUT2D eigenvalue weighted by atomic mass is 79.9. The number of hydrogen-bond donors (Lipinski definition) is 1. The molecule has 0 bridgehead atoms. The maximum Gasteiger partial charge on any atom is 0.115 e. The molecule has 0 amide bonds. The van der Waals surface area contributed by atoms with E-state index in [2.05, 4.69) is 31.9 Å². The Bertz CT molecular complexity index is 497. The minimum absolute atomic E-state index is 0.291. The summed E-state index contributed by atoms with van der Waals surface area (Å²) in [6.07, 6.45) is 0. The Hall–Kier alpha value is -0.450. The van der Waals surface area contributed by atoms with Crippen molar-refractivity contribution in [3.63, 3.8) is 0 Å². The van der Waals surface area contributed by atoms with Crippen molar-refractivity contribution in [2.45, 2.75) is 9.79 Å². The first kappa shape index (κ1) is 12.0. The molecular weight excluding hydrogens is 352 g/mol. The summed E-state index contributed by atoms with van der Waals surface area (Å²) in [6, 6.07) is 13.2. The van der Waals surface area contributed by atoms with Crippen molar-refractivity contribution < 1.29 is 5.11 Å². The first-order valence-corrected chi connectivity index (χ1v) is 6.97. The summed E-state index contributed by atoms with van der Waals surface area (Å²) in [5, 5.41) is 9.19. The van der Waals surface area contributed by atoms with Crippen LogP contribution in [0.4, 0.5) is 0 Å². The highest BCUT2D eigenvalue weighted by Crippen LogP contribution is 2.35. The number of benzene rings is 2. The van der Waals surface area contributed by atoms with E-state index >= 15 is 0 Å². The van der Waals surface area contributed by atoms with Crippen LogP contribution in [-0.4, -0.2) is 5.11 Å². The lowest BCUT2D eigenvalue weighted by Gasteiger charge is -2.04. The normalized spacial score (nSPS) is 10.4. The molecule has 4 heteroatoms. The number of hydrogen-bond acceptors (Lipinski definition) is 2. The fourth-order valence-electron chi connectivity index (χ4n) is 1.20. The number of phenols is 1. The minimum Gasteiger partial charge on any atom is -0.508 e. The molecule has 0 unspecified atom stereocenters. The second-order valence-corrected chi connectivity index (χ2v) is 6.06. The van der Waals surface area contributed by atoms with E-state index in [0.29, 0.717) is 5.75 Å². The highest BCUT2D eigenvalue weighted by Gasteiger charge is 2.03. The molecule has 0 heterocycles. The van der Waals surface area contributed by atoms with E-state index < -0.39 is 0 Å². The van der Waals surface area contributed by atoms with Crippen LogP contribution in [-0.2, 0) is 0 Å². The quantitative estimate of drug-likeness (QED) is 0.807. The molecule has 0 aliphatic carbocycles. The molecule has 1 N–H and O–H groups in total. The number of aromatic hydroxyl groups is 1. The van der Waals surface area contributed by atoms with Crippen LogP contribution in [0.15, 0.2) is 61.2 Å². The Morgan fingerprint density at radius 3 is 2.25 bits per heavy atom. The molecule has 0 saturated carbocycles. The maximum atomic E-state index is 9.19. The van der Waals surface area contributed by atoms with Gasteiger partial charge in [-0.05, 0) is 58.4 Å². The molecule has 2 aromatic carbocycles. The summed E-state index contributed by atoms with van der Waals surface area (Å²) in [5.74, 6) is 0.291. The van der Waals surface area contributed by atoms with Crippen LogP contribution < -0.4 is 0 Å². The largest absolute Gasteiger partial charge is 0.508 e. The molecule has 0 spiro atoms. The average Bonchev–Trinajstić information content (AvgIpc) is 2.25. The van der Waals surface area contributed by atoms with Crippen LogP contribution in [0.2, 0.25) is 0 Å². The van der Waals surface area contributed by atoms with Crippen LogP contribution in [0, 0.1) is 0 Å². The Morgan fingerprint density at radius 1 is 0.938 bits per heavy atom. The molecule has 82 valence electrons. The molecule has 16 heavy (non-hydrogen) atoms. The van der Waals surface area contributed by atoms with Crippen molar-refractivity contribution in [1.82, 2.24) is 0 Å². The van der Waals surface area contributed by atoms with Gasteiger partial charge in [-0.15, -0.1) is 0 Å². The summed E-state index contributed by atoms with van der Waals surface area (Å²) in [6.45, 7) is 0. The molecule has 1 nitrogen and oxygen atoms in total. The van der Waals surface area contributed by atoms with Gasteiger partial charge in [-0.3, -0.25) is 0 Å². The van der Waals surface area contributed by atoms with Gasteiger partial charge >= 0.3 is 0 Å². The van der Waals surface area contributed by atoms with Crippen molar-refractivity contribution in [3.05, 3.63) is 51.4 Å². The summed E-state index contributed by atoms with van der Waals surface area (Å²) >= 11 is 8.59. The third-order valence-electron chi connectivity index (χ3n) is 1.96. The summed E-state index contributed by atoms with van der Waals surface area (Å²) in [5.41, 5.74) is 0. The van der Waals surface area contributed by atoms with Crippen molar-refractivity contribution in [1.29, 1.82) is 0 Å². The summed E-state index contributed by atoms with van der Waals surface area (Å²) in [7, 11) is 0. The summed E-state index contributed by atoms with van der Waals surface area (Å²) < 4.78 is 2.11. The van der Waals surface area contributed by atoms with Gasteiger partial charge in [0.25, 0.3) is 0 Å². The van der Waals surface area contributed by atoms with Crippen LogP contribution in [0.1, 0.15) is 0 Å². The van der Waals surface area contributed by atoms with E-state index in [1.54, 1.807) is 23.9 Å². The molecule has 0 aliphatic heterocycles. The predicted octanol–water partition coefficient (Wildman–Crippen LogP) is 5.07. The number of halogens is 2. The van der Waals surface area contributed by atoms with Gasteiger partial charge in [0.2, 0.25) is 0 Å². The van der Waals surface area contributed by atoms with E-state index in [0.717, 1.165) is 18.7 Å². The Kier molecular flexibility index (Phi) is 3.95. The van der Waals surface area contributed by atoms with Gasteiger partial charge in [0.15, 0.2) is 0 Å². The monoisotopic (exact) mass is 358 g/mol. The van der Waals surface area contributed by atoms with Crippen LogP contribution in [0.5, 0.6) is 5.75 Å². The maximum absolute atomic E-state index is 9.19. The van der Waals surface area contributed by atoms with E-state index in [-0.39, 0.29) is 0 Å². The van der Waals surface area contributed by atoms with Gasteiger partial charge in [-0.25, -0.2) is 0 Å². The second-order valence-electron chi connectivity index (χ2n) is 3.17. The highest BCUT2D eigenvalue weighted by molar-refractivity contribution is 9.11. The number of rotatable bonds is 2. The number of phenolic OH excluding ortho intramolecular Hbond substituents is 1. The topological polar surface area (TPSA) is 20.2 Å². The van der Waals surface area contributed by atoms with Crippen molar-refractivity contribution >= 4 is 43.6 Å². The first-order valence-electron chi connectivity index (χ1n) is 4.57. The zero-order chi connectivity index (χ0) is 11.5. The zero-order valence-electron chi connectivity index (χ0n) is 8.15. The lowest BCUT2D eigenvalue weighted by atomic mass is 10.3. The SMILES string of the molecule is Oc1ccc(Sc2ccc(Br)cc2Br)cc1. The lowest BCUT2D eigenvalue weighted by molar-refractivity contribution is 0.475. The van der Waals surface area contributed by atoms with Crippen molar-refractivity contribution in [3.8, 4) is 5.75 Å². The van der Waals surface area contributed by atoms with E-state index in [9.17, 15) is 5.11 Å². The molecule has 0 atom stereocenters. The van der Waals surface area contributed by atoms with Gasteiger partial charge in [-0.2, -0.15) is 0 Å². The van der Waals surface area contributed by atoms with E-state index in [1.807, 2.05) is 30.3 Å². The fraction of sp³-hybridized carbons (Fsp3) is 0. The third kappa shape index (κ3) is 3.03. The standard InChI is InChI=1S/C12H8Br2OS/c13-8-1-6-12(11(14)7-8)16-10-4-2-9(15)3-5-10/h1-7,15H. The van der Waals surface area contributed by atoms with E-state index in [1.165, 1.54) is 0 Å². The van der Waals surface area contributed by atoms with Crippen molar-refractivity contribution in [2.24, 2.45) is 0 Å². The second kappa shape index (κ2) is 5.25. The molecule has 0 saturated heterocycles. The molecule has 2 aromatic rings. The molecule has 2 rings (SSSR count). The molecular formula is C12H8Br2OS. The molecule has 0 radical (unpaired) electrons. The lowest BCUT2D eigenvalue weighted by Crippen LogP contribution is -1.76. The van der Waals surface area contributed by atoms with Gasteiger partial charge in [0.05, 0.1) is 0 Å². The zero-order valence-corrected chi connectivity index (χ0v) is 12.1. The fourth-order valence-corrected chi connectivity index (χ4v) is 3.31. The molecule has 0 aromatic heterocycles. The van der Waals surface area contributed by atoms with Gasteiger partial charge in [0, 0.05) is 18.7 Å². The average molecular weight is 360 g/mol. The smallest absolute Gasteiger partial charge is 0.115 e. The Labute approximate surface area is 115 Å². The van der Waals surface area contributed by atoms with Gasteiger partial charge < -0.3 is 5.11 Å². The first-order chi connectivity index (χ1) is 7.65. The molecule has 0 aliphatic rings. The van der Waals surface area contributed by atoms with Crippen LogP contribution in [0.3, 0.4) is 0 Å². The minimum atomic E-state index is 0.291. The Morgan fingerprint density at radius 2 is 1.62 bits per heavy atom. The molecule has 0 fully saturated rings. The summed E-state index contributed by atoms with van der Waals surface area (Å²) in [4.78, 5) is 2.25. The van der Waals surface area contributed by atoms with Crippen molar-refractivity contribution in [2.75, 3.05) is 0 Å². The van der Waals surface area contributed by atoms with Crippen LogP contribution >= 0.6 is 43.6 Å².